The Morgan fingerprint density at radius 2 is 1.73 bits per heavy atom. The highest BCUT2D eigenvalue weighted by atomic mass is 16.3. The highest BCUT2D eigenvalue weighted by Crippen LogP contribution is 2.18. The van der Waals surface area contributed by atoms with Crippen LogP contribution < -0.4 is 10.6 Å². The molecule has 1 saturated heterocycles. The molecule has 6 heteroatoms. The Morgan fingerprint density at radius 1 is 1.00 bits per heavy atom. The molecule has 0 bridgehead atoms. The number of amides is 1. The van der Waals surface area contributed by atoms with E-state index in [0.717, 1.165) is 52.2 Å². The first kappa shape index (κ1) is 21.0. The summed E-state index contributed by atoms with van der Waals surface area (Å²) in [5, 5.41) is 16.6. The molecule has 2 aromatic rings. The van der Waals surface area contributed by atoms with Gasteiger partial charge in [-0.15, -0.1) is 0 Å². The van der Waals surface area contributed by atoms with E-state index in [1.807, 2.05) is 24.3 Å². The van der Waals surface area contributed by atoms with Gasteiger partial charge in [0.25, 0.3) is 5.91 Å². The highest BCUT2D eigenvalue weighted by molar-refractivity contribution is 5.94. The first-order chi connectivity index (χ1) is 14.7. The van der Waals surface area contributed by atoms with Gasteiger partial charge in [-0.05, 0) is 35.2 Å². The van der Waals surface area contributed by atoms with Crippen LogP contribution in [0, 0.1) is 0 Å². The molecule has 6 nitrogen and oxygen atoms in total. The fraction of sp³-hybridized carbons (Fsp3) is 0.458. The quantitative estimate of drug-likeness (QED) is 0.643. The van der Waals surface area contributed by atoms with Crippen LogP contribution in [0.2, 0.25) is 0 Å². The molecule has 1 unspecified atom stereocenters. The molecule has 1 atom stereocenters. The van der Waals surface area contributed by atoms with Gasteiger partial charge in [-0.2, -0.15) is 0 Å². The molecule has 1 fully saturated rings. The number of rotatable bonds is 7. The number of nitrogens with zero attached hydrogens (tertiary/aromatic N) is 2. The molecule has 1 amide bonds. The van der Waals surface area contributed by atoms with Gasteiger partial charge >= 0.3 is 0 Å². The summed E-state index contributed by atoms with van der Waals surface area (Å²) in [4.78, 5) is 17.1. The molecule has 30 heavy (non-hydrogen) atoms. The molecule has 0 spiro atoms. The molecule has 0 aromatic heterocycles. The van der Waals surface area contributed by atoms with Crippen molar-refractivity contribution < 1.29 is 9.90 Å². The Balaban J connectivity index is 1.21. The van der Waals surface area contributed by atoms with Crippen molar-refractivity contribution in [3.8, 4) is 0 Å². The van der Waals surface area contributed by atoms with Crippen molar-refractivity contribution in [3.05, 3.63) is 70.8 Å². The van der Waals surface area contributed by atoms with E-state index in [1.54, 1.807) is 0 Å². The van der Waals surface area contributed by atoms with E-state index in [4.69, 9.17) is 0 Å². The van der Waals surface area contributed by atoms with Crippen molar-refractivity contribution in [2.75, 3.05) is 45.8 Å². The molecular formula is C24H32N4O2. The molecule has 2 aliphatic rings. The largest absolute Gasteiger partial charge is 0.390 e. The molecule has 3 N–H and O–H groups in total. The molecule has 0 saturated carbocycles. The van der Waals surface area contributed by atoms with Gasteiger partial charge in [-0.1, -0.05) is 36.4 Å². The lowest BCUT2D eigenvalue weighted by Gasteiger charge is -2.30. The third kappa shape index (κ3) is 5.67. The van der Waals surface area contributed by atoms with Crippen molar-refractivity contribution >= 4 is 5.91 Å². The van der Waals surface area contributed by atoms with Gasteiger partial charge in [0.15, 0.2) is 0 Å². The van der Waals surface area contributed by atoms with Gasteiger partial charge in [0.1, 0.15) is 0 Å². The van der Waals surface area contributed by atoms with Gasteiger partial charge in [0, 0.05) is 64.5 Å². The summed E-state index contributed by atoms with van der Waals surface area (Å²) >= 11 is 0. The number of hydrogen-bond acceptors (Lipinski definition) is 5. The SMILES string of the molecule is O=C(NCC(O)CN1CCc2ccccc2C1)c1ccc(CN2CCNCC2)cc1. The lowest BCUT2D eigenvalue weighted by atomic mass is 10.00. The topological polar surface area (TPSA) is 67.8 Å². The third-order valence-electron chi connectivity index (χ3n) is 6.01. The van der Waals surface area contributed by atoms with Crippen molar-refractivity contribution in [1.29, 1.82) is 0 Å². The predicted molar refractivity (Wildman–Crippen MR) is 118 cm³/mol. The summed E-state index contributed by atoms with van der Waals surface area (Å²) in [6.07, 6.45) is 0.432. The number of carbonyl (C=O) groups excluding carboxylic acids is 1. The van der Waals surface area contributed by atoms with Gasteiger partial charge in [0.2, 0.25) is 0 Å². The number of nitrogens with one attached hydrogen (secondary N) is 2. The second kappa shape index (κ2) is 10.2. The lowest BCUT2D eigenvalue weighted by Crippen LogP contribution is -2.42. The van der Waals surface area contributed by atoms with Gasteiger partial charge in [0.05, 0.1) is 6.10 Å². The summed E-state index contributed by atoms with van der Waals surface area (Å²) in [6, 6.07) is 16.3. The lowest BCUT2D eigenvalue weighted by molar-refractivity contribution is 0.0842. The van der Waals surface area contributed by atoms with Crippen LogP contribution in [0.1, 0.15) is 27.0 Å². The molecule has 0 radical (unpaired) electrons. The van der Waals surface area contributed by atoms with Crippen molar-refractivity contribution in [3.63, 3.8) is 0 Å². The summed E-state index contributed by atoms with van der Waals surface area (Å²) < 4.78 is 0. The number of β-amino-alcohol motifs (C(OH)–C–C–N with tert-alkyl or cyclic N) is 1. The number of hydrogen-bond donors (Lipinski definition) is 3. The van der Waals surface area contributed by atoms with Crippen LogP contribution in [0.15, 0.2) is 48.5 Å². The monoisotopic (exact) mass is 408 g/mol. The zero-order chi connectivity index (χ0) is 20.8. The predicted octanol–water partition coefficient (Wildman–Crippen LogP) is 1.24. The minimum Gasteiger partial charge on any atom is -0.390 e. The maximum atomic E-state index is 12.5. The minimum absolute atomic E-state index is 0.133. The number of aliphatic hydroxyl groups is 1. The van der Waals surface area contributed by atoms with E-state index in [1.165, 1.54) is 16.7 Å². The Labute approximate surface area is 178 Å². The normalized spacial score (nSPS) is 18.6. The molecule has 2 aromatic carbocycles. The number of aliphatic hydroxyl groups excluding tert-OH is 1. The molecule has 4 rings (SSSR count). The number of piperazine rings is 1. The Bertz CT molecular complexity index is 833. The average molecular weight is 409 g/mol. The summed E-state index contributed by atoms with van der Waals surface area (Å²) in [7, 11) is 0. The van der Waals surface area contributed by atoms with E-state index < -0.39 is 6.10 Å². The Kier molecular flexibility index (Phi) is 7.12. The number of benzene rings is 2. The van der Waals surface area contributed by atoms with Gasteiger partial charge in [-0.25, -0.2) is 0 Å². The smallest absolute Gasteiger partial charge is 0.251 e. The van der Waals surface area contributed by atoms with Crippen LogP contribution in [0.25, 0.3) is 0 Å². The summed E-state index contributed by atoms with van der Waals surface area (Å²) in [6.45, 7) is 7.73. The number of carbonyl (C=O) groups is 1. The van der Waals surface area contributed by atoms with Crippen LogP contribution in [-0.2, 0) is 19.5 Å². The van der Waals surface area contributed by atoms with Crippen LogP contribution in [0.3, 0.4) is 0 Å². The Hall–Kier alpha value is -2.25. The molecule has 2 heterocycles. The average Bonchev–Trinajstić information content (AvgIpc) is 2.78. The van der Waals surface area contributed by atoms with Crippen molar-refractivity contribution in [1.82, 2.24) is 20.4 Å². The van der Waals surface area contributed by atoms with E-state index in [-0.39, 0.29) is 12.5 Å². The molecule has 160 valence electrons. The van der Waals surface area contributed by atoms with E-state index >= 15 is 0 Å². The summed E-state index contributed by atoms with van der Waals surface area (Å²) in [5.41, 5.74) is 4.59. The number of fused-ring (bicyclic) bond motifs is 1. The molecule has 0 aliphatic carbocycles. The maximum Gasteiger partial charge on any atom is 0.251 e. The van der Waals surface area contributed by atoms with E-state index in [9.17, 15) is 9.90 Å². The molecule has 2 aliphatic heterocycles. The highest BCUT2D eigenvalue weighted by Gasteiger charge is 2.19. The fourth-order valence-corrected chi connectivity index (χ4v) is 4.27. The van der Waals surface area contributed by atoms with E-state index in [2.05, 4.69) is 44.7 Å². The first-order valence-corrected chi connectivity index (χ1v) is 10.9. The van der Waals surface area contributed by atoms with Crippen molar-refractivity contribution in [2.45, 2.75) is 25.6 Å². The van der Waals surface area contributed by atoms with Crippen LogP contribution in [0.4, 0.5) is 0 Å². The zero-order valence-corrected chi connectivity index (χ0v) is 17.5. The van der Waals surface area contributed by atoms with Crippen LogP contribution >= 0.6 is 0 Å². The van der Waals surface area contributed by atoms with Crippen LogP contribution in [-0.4, -0.2) is 72.7 Å². The standard InChI is InChI=1S/C24H32N4O2/c29-23(18-28-12-9-20-3-1-2-4-22(20)17-28)15-26-24(30)21-7-5-19(6-8-21)16-27-13-10-25-11-14-27/h1-8,23,25,29H,9-18H2,(H,26,30). The Morgan fingerprint density at radius 3 is 2.50 bits per heavy atom. The van der Waals surface area contributed by atoms with Gasteiger partial charge in [-0.3, -0.25) is 14.6 Å². The molecular weight excluding hydrogens is 376 g/mol. The second-order valence-electron chi connectivity index (χ2n) is 8.34. The third-order valence-corrected chi connectivity index (χ3v) is 6.01. The van der Waals surface area contributed by atoms with Crippen LogP contribution in [0.5, 0.6) is 0 Å². The summed E-state index contributed by atoms with van der Waals surface area (Å²) in [5.74, 6) is -0.133. The van der Waals surface area contributed by atoms with E-state index in [0.29, 0.717) is 12.1 Å². The zero-order valence-electron chi connectivity index (χ0n) is 17.5. The second-order valence-corrected chi connectivity index (χ2v) is 8.34. The maximum absolute atomic E-state index is 12.5. The fourth-order valence-electron chi connectivity index (χ4n) is 4.27. The van der Waals surface area contributed by atoms with Crippen molar-refractivity contribution in [2.24, 2.45) is 0 Å². The van der Waals surface area contributed by atoms with Gasteiger partial charge < -0.3 is 15.7 Å². The first-order valence-electron chi connectivity index (χ1n) is 10.9. The minimum atomic E-state index is -0.578.